The maximum absolute atomic E-state index is 14.1. The van der Waals surface area contributed by atoms with Gasteiger partial charge in [0.15, 0.2) is 0 Å². The number of fused-ring (bicyclic) bond motifs is 3. The van der Waals surface area contributed by atoms with Gasteiger partial charge in [0.25, 0.3) is 10.0 Å². The summed E-state index contributed by atoms with van der Waals surface area (Å²) in [5.74, 6) is -1.71. The lowest BCUT2D eigenvalue weighted by Gasteiger charge is -2.37. The van der Waals surface area contributed by atoms with Crippen molar-refractivity contribution >= 4 is 39.4 Å². The highest BCUT2D eigenvalue weighted by molar-refractivity contribution is 7.92. The van der Waals surface area contributed by atoms with Crippen LogP contribution in [0.5, 0.6) is 0 Å². The van der Waals surface area contributed by atoms with Crippen molar-refractivity contribution in [2.24, 2.45) is 0 Å². The number of nitrogens with one attached hydrogen (secondary N) is 1. The van der Waals surface area contributed by atoms with Gasteiger partial charge >= 0.3 is 5.97 Å². The van der Waals surface area contributed by atoms with Crippen molar-refractivity contribution in [1.29, 1.82) is 0 Å². The van der Waals surface area contributed by atoms with Crippen molar-refractivity contribution in [3.63, 3.8) is 0 Å². The molecule has 1 amide bonds. The number of carbonyl (C=O) groups excluding carboxylic acids is 2. The molecule has 2 aromatic rings. The molecule has 0 saturated carbocycles. The second-order valence-electron chi connectivity index (χ2n) is 9.53. The molecule has 2 aromatic carbocycles. The third kappa shape index (κ3) is 5.85. The summed E-state index contributed by atoms with van der Waals surface area (Å²) in [5.41, 5.74) is 1.12. The average Bonchev–Trinajstić information content (AvgIpc) is 3.38. The van der Waals surface area contributed by atoms with Gasteiger partial charge in [0.1, 0.15) is 11.4 Å². The van der Waals surface area contributed by atoms with Gasteiger partial charge in [0.2, 0.25) is 5.91 Å². The van der Waals surface area contributed by atoms with Crippen molar-refractivity contribution in [2.75, 3.05) is 49.5 Å². The van der Waals surface area contributed by atoms with E-state index in [1.807, 2.05) is 13.8 Å². The van der Waals surface area contributed by atoms with E-state index in [2.05, 4.69) is 9.62 Å². The van der Waals surface area contributed by atoms with E-state index in [9.17, 15) is 22.4 Å². The molecular formula is C28H34FN3O6S. The molecular weight excluding hydrogens is 525 g/mol. The minimum Gasteiger partial charge on any atom is -0.465 e. The Morgan fingerprint density at radius 2 is 1.97 bits per heavy atom. The molecule has 11 heteroatoms. The van der Waals surface area contributed by atoms with Crippen molar-refractivity contribution in [1.82, 2.24) is 4.90 Å². The maximum atomic E-state index is 14.1. The predicted molar refractivity (Wildman–Crippen MR) is 147 cm³/mol. The first kappa shape index (κ1) is 28.7. The Kier molecular flexibility index (Phi) is 8.73. The largest absolute Gasteiger partial charge is 0.465 e. The number of amides is 1. The fraction of sp³-hybridized carbons (Fsp3) is 0.429. The summed E-state index contributed by atoms with van der Waals surface area (Å²) < 4.78 is 54.8. The number of anilines is 2. The summed E-state index contributed by atoms with van der Waals surface area (Å²) >= 11 is 0. The van der Waals surface area contributed by atoms with Crippen LogP contribution in [0.2, 0.25) is 0 Å². The Labute approximate surface area is 228 Å². The van der Waals surface area contributed by atoms with E-state index in [0.717, 1.165) is 30.8 Å². The van der Waals surface area contributed by atoms with Crippen LogP contribution >= 0.6 is 0 Å². The van der Waals surface area contributed by atoms with E-state index >= 15 is 0 Å². The Balaban J connectivity index is 1.78. The van der Waals surface area contributed by atoms with Gasteiger partial charge in [-0.2, -0.15) is 0 Å². The first-order valence-electron chi connectivity index (χ1n) is 13.0. The van der Waals surface area contributed by atoms with Crippen molar-refractivity contribution in [3.8, 4) is 0 Å². The maximum Gasteiger partial charge on any atom is 0.342 e. The molecule has 9 nitrogen and oxygen atoms in total. The van der Waals surface area contributed by atoms with Crippen LogP contribution in [0.3, 0.4) is 0 Å². The number of methoxy groups -OCH3 is 1. The van der Waals surface area contributed by atoms with E-state index in [0.29, 0.717) is 25.3 Å². The fourth-order valence-electron chi connectivity index (χ4n) is 5.24. The van der Waals surface area contributed by atoms with Crippen LogP contribution in [-0.4, -0.2) is 71.2 Å². The molecule has 39 heavy (non-hydrogen) atoms. The summed E-state index contributed by atoms with van der Waals surface area (Å²) in [5, 5.41) is 0. The van der Waals surface area contributed by atoms with Crippen LogP contribution in [-0.2, 0) is 24.3 Å². The molecule has 0 aliphatic carbocycles. The summed E-state index contributed by atoms with van der Waals surface area (Å²) in [6.45, 7) is 8.39. The van der Waals surface area contributed by atoms with Crippen molar-refractivity contribution in [3.05, 3.63) is 58.9 Å². The van der Waals surface area contributed by atoms with Crippen LogP contribution in [0, 0.1) is 5.82 Å². The molecule has 2 atom stereocenters. The number of carbonyl (C=O) groups is 2. The molecule has 0 radical (unpaired) electrons. The van der Waals surface area contributed by atoms with Gasteiger partial charge in [-0.1, -0.05) is 32.1 Å². The van der Waals surface area contributed by atoms with E-state index < -0.39 is 21.8 Å². The minimum absolute atomic E-state index is 0.0355. The summed E-state index contributed by atoms with van der Waals surface area (Å²) in [6.07, 6.45) is 3.86. The second kappa shape index (κ2) is 11.8. The summed E-state index contributed by atoms with van der Waals surface area (Å²) in [4.78, 5) is 29.1. The van der Waals surface area contributed by atoms with Crippen molar-refractivity contribution < 1.29 is 31.9 Å². The Morgan fingerprint density at radius 3 is 2.64 bits per heavy atom. The average molecular weight is 560 g/mol. The molecule has 210 valence electrons. The molecule has 0 aromatic heterocycles. The van der Waals surface area contributed by atoms with Crippen LogP contribution in [0.1, 0.15) is 54.6 Å². The van der Waals surface area contributed by atoms with Gasteiger partial charge < -0.3 is 19.3 Å². The number of esters is 1. The van der Waals surface area contributed by atoms with Crippen LogP contribution in [0.4, 0.5) is 15.8 Å². The highest BCUT2D eigenvalue weighted by Gasteiger charge is 2.42. The van der Waals surface area contributed by atoms with Crippen LogP contribution in [0.25, 0.3) is 6.08 Å². The lowest BCUT2D eigenvalue weighted by molar-refractivity contribution is -0.117. The van der Waals surface area contributed by atoms with Gasteiger partial charge in [-0.05, 0) is 54.9 Å². The number of hydrogen-bond acceptors (Lipinski definition) is 7. The van der Waals surface area contributed by atoms with E-state index in [4.69, 9.17) is 9.47 Å². The van der Waals surface area contributed by atoms with Gasteiger partial charge in [-0.15, -0.1) is 0 Å². The molecule has 2 aliphatic heterocycles. The number of likely N-dealkylation sites (N-methyl/N-ethyl adjacent to an activating group) is 1. The van der Waals surface area contributed by atoms with E-state index in [-0.39, 0.29) is 46.2 Å². The monoisotopic (exact) mass is 559 g/mol. The topological polar surface area (TPSA) is 105 Å². The molecule has 2 heterocycles. The number of rotatable bonds is 9. The third-order valence-electron chi connectivity index (χ3n) is 7.28. The standard InChI is InChI=1S/C28H34FN3O6S/c1-5-31(6-2)14-7-8-19-16-20(29)9-12-25(19)39(35,36)30-23-11-10-22-21-13-15-38-24(21)17-32(18(3)33)27(22)26(23)28(34)37-4/h7-12,16,21,24,30H,5-6,13-15,17H2,1-4H3/b8-7-/t21-,24+/m1/s1. The normalized spacial score (nSPS) is 18.8. The summed E-state index contributed by atoms with van der Waals surface area (Å²) in [6, 6.07) is 6.63. The zero-order valence-corrected chi connectivity index (χ0v) is 23.4. The zero-order valence-electron chi connectivity index (χ0n) is 22.6. The number of halogens is 1. The SMILES string of the molecule is CCN(CC)C/C=C\c1cc(F)ccc1S(=O)(=O)Nc1ccc2c(c1C(=O)OC)N(C(C)=O)C[C@@H]1OCC[C@H]21. The van der Waals surface area contributed by atoms with E-state index in [1.54, 1.807) is 18.2 Å². The molecule has 0 spiro atoms. The Hall–Kier alpha value is -3.28. The first-order chi connectivity index (χ1) is 18.6. The Morgan fingerprint density at radius 1 is 1.23 bits per heavy atom. The molecule has 4 rings (SSSR count). The quantitative estimate of drug-likeness (QED) is 0.463. The second-order valence-corrected chi connectivity index (χ2v) is 11.2. The number of nitrogens with zero attached hydrogens (tertiary/aromatic N) is 2. The predicted octanol–water partition coefficient (Wildman–Crippen LogP) is 4.01. The lowest BCUT2D eigenvalue weighted by atomic mass is 9.85. The van der Waals surface area contributed by atoms with Gasteiger partial charge in [0.05, 0.1) is 36.0 Å². The molecule has 2 aliphatic rings. The number of hydrogen-bond donors (Lipinski definition) is 1. The smallest absolute Gasteiger partial charge is 0.342 e. The highest BCUT2D eigenvalue weighted by atomic mass is 32.2. The number of sulfonamides is 1. The van der Waals surface area contributed by atoms with Crippen LogP contribution < -0.4 is 9.62 Å². The fourth-order valence-corrected chi connectivity index (χ4v) is 6.49. The number of ether oxygens (including phenoxy) is 2. The molecule has 0 bridgehead atoms. The third-order valence-corrected chi connectivity index (χ3v) is 8.72. The molecule has 0 unspecified atom stereocenters. The number of benzene rings is 2. The molecule has 1 saturated heterocycles. The zero-order chi connectivity index (χ0) is 28.3. The van der Waals surface area contributed by atoms with Crippen LogP contribution in [0.15, 0.2) is 41.3 Å². The van der Waals surface area contributed by atoms with Gasteiger partial charge in [-0.25, -0.2) is 17.6 Å². The highest BCUT2D eigenvalue weighted by Crippen LogP contribution is 2.46. The first-order valence-corrected chi connectivity index (χ1v) is 14.5. The van der Waals surface area contributed by atoms with E-state index in [1.165, 1.54) is 31.1 Å². The van der Waals surface area contributed by atoms with Gasteiger partial charge in [-0.3, -0.25) is 9.52 Å². The van der Waals surface area contributed by atoms with Crippen molar-refractivity contribution in [2.45, 2.75) is 44.1 Å². The van der Waals surface area contributed by atoms with Gasteiger partial charge in [0, 0.05) is 26.0 Å². The summed E-state index contributed by atoms with van der Waals surface area (Å²) in [7, 11) is -3.09. The Bertz CT molecular complexity index is 1390. The lowest BCUT2D eigenvalue weighted by Crippen LogP contribution is -2.43. The molecule has 1 fully saturated rings. The molecule has 1 N–H and O–H groups in total. The minimum atomic E-state index is -4.29.